The van der Waals surface area contributed by atoms with Crippen LogP contribution in [0.1, 0.15) is 18.7 Å². The lowest BCUT2D eigenvalue weighted by Crippen LogP contribution is -2.15. The van der Waals surface area contributed by atoms with Crippen LogP contribution >= 0.6 is 11.8 Å². The van der Waals surface area contributed by atoms with Crippen molar-refractivity contribution in [1.29, 1.82) is 0 Å². The fourth-order valence-electron chi connectivity index (χ4n) is 0.783. The van der Waals surface area contributed by atoms with Crippen molar-refractivity contribution in [3.8, 4) is 0 Å². The van der Waals surface area contributed by atoms with E-state index in [-0.39, 0.29) is 11.6 Å². The first-order chi connectivity index (χ1) is 5.63. The number of H-pyrrole nitrogens is 1. The van der Waals surface area contributed by atoms with Crippen LogP contribution in [0.2, 0.25) is 0 Å². The highest BCUT2D eigenvalue weighted by Crippen LogP contribution is 2.09. The summed E-state index contributed by atoms with van der Waals surface area (Å²) in [7, 11) is 0. The predicted octanol–water partition coefficient (Wildman–Crippen LogP) is 0.512. The number of hydrogen-bond acceptors (Lipinski definition) is 4. The Labute approximate surface area is 74.6 Å². The minimum atomic E-state index is -0.196. The van der Waals surface area contributed by atoms with E-state index in [2.05, 4.69) is 9.97 Å². The summed E-state index contributed by atoms with van der Waals surface area (Å²) in [5.41, 5.74) is 6.06. The smallest absolute Gasteiger partial charge is 0.251 e. The molecule has 4 nitrogen and oxygen atoms in total. The summed E-state index contributed by atoms with van der Waals surface area (Å²) in [5.74, 6) is 0. The van der Waals surface area contributed by atoms with Gasteiger partial charge in [-0.25, -0.2) is 4.98 Å². The zero-order chi connectivity index (χ0) is 9.14. The highest BCUT2D eigenvalue weighted by Gasteiger charge is 2.03. The zero-order valence-corrected chi connectivity index (χ0v) is 7.81. The van der Waals surface area contributed by atoms with E-state index in [9.17, 15) is 4.79 Å². The molecule has 12 heavy (non-hydrogen) atoms. The number of aromatic amines is 1. The maximum absolute atomic E-state index is 11.0. The van der Waals surface area contributed by atoms with Gasteiger partial charge in [-0.3, -0.25) is 4.79 Å². The Morgan fingerprint density at radius 1 is 1.75 bits per heavy atom. The highest BCUT2D eigenvalue weighted by atomic mass is 32.2. The molecule has 0 saturated heterocycles. The molecule has 0 radical (unpaired) electrons. The van der Waals surface area contributed by atoms with Crippen molar-refractivity contribution in [2.75, 3.05) is 6.26 Å². The first-order valence-electron chi connectivity index (χ1n) is 3.54. The topological polar surface area (TPSA) is 71.8 Å². The summed E-state index contributed by atoms with van der Waals surface area (Å²) in [6.07, 6.45) is 1.85. The van der Waals surface area contributed by atoms with Crippen molar-refractivity contribution < 1.29 is 0 Å². The minimum Gasteiger partial charge on any atom is -0.323 e. The second kappa shape index (κ2) is 3.73. The maximum atomic E-state index is 11.0. The molecular weight excluding hydrogens is 174 g/mol. The highest BCUT2D eigenvalue weighted by molar-refractivity contribution is 7.98. The Morgan fingerprint density at radius 3 is 2.92 bits per heavy atom. The van der Waals surface area contributed by atoms with Crippen LogP contribution < -0.4 is 11.3 Å². The van der Waals surface area contributed by atoms with E-state index in [0.717, 1.165) is 0 Å². The number of hydrogen-bond donors (Lipinski definition) is 2. The van der Waals surface area contributed by atoms with Gasteiger partial charge in [0.25, 0.3) is 5.56 Å². The van der Waals surface area contributed by atoms with Crippen LogP contribution in [0.3, 0.4) is 0 Å². The van der Waals surface area contributed by atoms with Crippen molar-refractivity contribution in [3.63, 3.8) is 0 Å². The van der Waals surface area contributed by atoms with E-state index < -0.39 is 0 Å². The number of nitrogens with zero attached hydrogens (tertiary/aromatic N) is 1. The Kier molecular flexibility index (Phi) is 2.88. The molecule has 0 aliphatic carbocycles. The monoisotopic (exact) mass is 185 g/mol. The molecule has 0 saturated carbocycles. The van der Waals surface area contributed by atoms with E-state index in [0.29, 0.717) is 10.9 Å². The van der Waals surface area contributed by atoms with Crippen molar-refractivity contribution in [2.45, 2.75) is 18.1 Å². The summed E-state index contributed by atoms with van der Waals surface area (Å²) < 4.78 is 0. The van der Waals surface area contributed by atoms with Crippen LogP contribution in [0.4, 0.5) is 0 Å². The lowest BCUT2D eigenvalue weighted by Gasteiger charge is -2.04. The van der Waals surface area contributed by atoms with Gasteiger partial charge in [0.05, 0.1) is 5.69 Å². The van der Waals surface area contributed by atoms with Crippen molar-refractivity contribution >= 4 is 11.8 Å². The first-order valence-corrected chi connectivity index (χ1v) is 4.77. The molecule has 3 N–H and O–H groups in total. The predicted molar refractivity (Wildman–Crippen MR) is 49.2 cm³/mol. The fraction of sp³-hybridized carbons (Fsp3) is 0.429. The van der Waals surface area contributed by atoms with Gasteiger partial charge in [-0.2, -0.15) is 0 Å². The van der Waals surface area contributed by atoms with Crippen molar-refractivity contribution in [2.24, 2.45) is 5.73 Å². The zero-order valence-electron chi connectivity index (χ0n) is 7.00. The van der Waals surface area contributed by atoms with Gasteiger partial charge in [0.1, 0.15) is 0 Å². The average molecular weight is 185 g/mol. The first kappa shape index (κ1) is 9.28. The van der Waals surface area contributed by atoms with Crippen LogP contribution in [0.15, 0.2) is 16.0 Å². The number of nitrogens with two attached hydrogens (primary N) is 1. The van der Waals surface area contributed by atoms with Crippen LogP contribution in [0.5, 0.6) is 0 Å². The van der Waals surface area contributed by atoms with Gasteiger partial charge >= 0.3 is 0 Å². The molecule has 1 rings (SSSR count). The molecule has 1 atom stereocenters. The van der Waals surface area contributed by atoms with E-state index >= 15 is 0 Å². The largest absolute Gasteiger partial charge is 0.323 e. The molecule has 0 aliphatic heterocycles. The second-order valence-corrected chi connectivity index (χ2v) is 3.26. The Bertz CT molecular complexity index is 321. The number of thioether (sulfide) groups is 1. The van der Waals surface area contributed by atoms with Gasteiger partial charge in [0.15, 0.2) is 5.16 Å². The van der Waals surface area contributed by atoms with E-state index in [1.54, 1.807) is 6.92 Å². The number of rotatable bonds is 2. The number of nitrogens with one attached hydrogen (secondary N) is 1. The Balaban J connectivity index is 3.15. The molecular formula is C7H11N3OS. The Morgan fingerprint density at radius 2 is 2.42 bits per heavy atom. The van der Waals surface area contributed by atoms with Crippen LogP contribution in [-0.4, -0.2) is 16.2 Å². The van der Waals surface area contributed by atoms with Gasteiger partial charge in [0, 0.05) is 12.1 Å². The summed E-state index contributed by atoms with van der Waals surface area (Å²) in [6.45, 7) is 1.80. The standard InChI is InChI=1S/C7H11N3OS/c1-4(8)5-3-6(11)10-7(9-5)12-2/h3-4H,8H2,1-2H3,(H,9,10,11)/t4-/m0/s1. The third-order valence-corrected chi connectivity index (χ3v) is 1.98. The maximum Gasteiger partial charge on any atom is 0.251 e. The molecule has 0 spiro atoms. The molecule has 1 aromatic rings. The van der Waals surface area contributed by atoms with Gasteiger partial charge in [0.2, 0.25) is 0 Å². The fourth-order valence-corrected chi connectivity index (χ4v) is 1.18. The lowest BCUT2D eigenvalue weighted by molar-refractivity contribution is 0.741. The van der Waals surface area contributed by atoms with Crippen LogP contribution in [-0.2, 0) is 0 Å². The quantitative estimate of drug-likeness (QED) is 0.520. The third kappa shape index (κ3) is 2.09. The molecule has 0 aromatic carbocycles. The molecule has 0 bridgehead atoms. The van der Waals surface area contributed by atoms with Crippen LogP contribution in [0, 0.1) is 0 Å². The van der Waals surface area contributed by atoms with E-state index in [1.165, 1.54) is 17.8 Å². The van der Waals surface area contributed by atoms with E-state index in [4.69, 9.17) is 5.73 Å². The second-order valence-electron chi connectivity index (χ2n) is 2.47. The van der Waals surface area contributed by atoms with Gasteiger partial charge < -0.3 is 10.7 Å². The average Bonchev–Trinajstić information content (AvgIpc) is 2.03. The van der Waals surface area contributed by atoms with Gasteiger partial charge in [-0.15, -0.1) is 0 Å². The molecule has 5 heteroatoms. The molecule has 0 amide bonds. The Hall–Kier alpha value is -0.810. The minimum absolute atomic E-state index is 0.151. The summed E-state index contributed by atoms with van der Waals surface area (Å²) in [6, 6.07) is 1.22. The van der Waals surface area contributed by atoms with Crippen molar-refractivity contribution in [1.82, 2.24) is 9.97 Å². The van der Waals surface area contributed by atoms with Gasteiger partial charge in [-0.1, -0.05) is 11.8 Å². The van der Waals surface area contributed by atoms with E-state index in [1.807, 2.05) is 6.26 Å². The molecule has 0 fully saturated rings. The molecule has 1 heterocycles. The molecule has 0 unspecified atom stereocenters. The molecule has 0 aliphatic rings. The number of aromatic nitrogens is 2. The normalized spacial score (nSPS) is 12.9. The third-order valence-electron chi connectivity index (χ3n) is 1.40. The summed E-state index contributed by atoms with van der Waals surface area (Å²) in [5, 5.41) is 0.606. The van der Waals surface area contributed by atoms with Gasteiger partial charge in [-0.05, 0) is 13.2 Å². The van der Waals surface area contributed by atoms with Crippen molar-refractivity contribution in [3.05, 3.63) is 22.1 Å². The summed E-state index contributed by atoms with van der Waals surface area (Å²) in [4.78, 5) is 17.7. The molecule has 66 valence electrons. The molecule has 1 aromatic heterocycles. The lowest BCUT2D eigenvalue weighted by atomic mass is 10.2. The summed E-state index contributed by atoms with van der Waals surface area (Å²) >= 11 is 1.39. The van der Waals surface area contributed by atoms with Crippen LogP contribution in [0.25, 0.3) is 0 Å². The SMILES string of the molecule is CSc1nc([C@H](C)N)cc(=O)[nH]1.